The Kier molecular flexibility index (Phi) is 4.12. The molecule has 2 heterocycles. The van der Waals surface area contributed by atoms with E-state index in [1.54, 1.807) is 0 Å². The van der Waals surface area contributed by atoms with Crippen LogP contribution in [-0.2, 0) is 6.54 Å². The molecule has 0 bridgehead atoms. The largest absolute Gasteiger partial charge is 0.383 e. The molecule has 0 amide bonds. The lowest BCUT2D eigenvalue weighted by atomic mass is 10.1. The van der Waals surface area contributed by atoms with Crippen molar-refractivity contribution in [3.63, 3.8) is 0 Å². The first-order chi connectivity index (χ1) is 10.1. The Bertz CT molecular complexity index is 596. The topological polar surface area (TPSA) is 45.4 Å². The van der Waals surface area contributed by atoms with E-state index in [1.165, 1.54) is 22.1 Å². The van der Waals surface area contributed by atoms with Crippen molar-refractivity contribution in [3.05, 3.63) is 41.5 Å². The third-order valence-corrected chi connectivity index (χ3v) is 5.16. The first-order valence-corrected chi connectivity index (χ1v) is 8.17. The van der Waals surface area contributed by atoms with Gasteiger partial charge in [0.05, 0.1) is 0 Å². The summed E-state index contributed by atoms with van der Waals surface area (Å²) in [6, 6.07) is 11.2. The number of rotatable bonds is 3. The van der Waals surface area contributed by atoms with Gasteiger partial charge in [0.1, 0.15) is 10.8 Å². The number of anilines is 2. The summed E-state index contributed by atoms with van der Waals surface area (Å²) in [6.45, 7) is 8.58. The maximum absolute atomic E-state index is 5.88. The highest BCUT2D eigenvalue weighted by Crippen LogP contribution is 2.32. The number of aromatic nitrogens is 1. The zero-order valence-corrected chi connectivity index (χ0v) is 13.4. The van der Waals surface area contributed by atoms with Crippen molar-refractivity contribution >= 4 is 22.4 Å². The van der Waals surface area contributed by atoms with Gasteiger partial charge in [-0.25, -0.2) is 0 Å². The van der Waals surface area contributed by atoms with Crippen molar-refractivity contribution < 1.29 is 0 Å². The molecular formula is C16H22N4S. The smallest absolute Gasteiger partial charge is 0.142 e. The number of nitrogens with zero attached hydrogens (tertiary/aromatic N) is 3. The second-order valence-corrected chi connectivity index (χ2v) is 6.51. The van der Waals surface area contributed by atoms with E-state index in [-0.39, 0.29) is 0 Å². The minimum atomic E-state index is 0.487. The maximum Gasteiger partial charge on any atom is 0.142 e. The number of hydrogen-bond acceptors (Lipinski definition) is 5. The highest BCUT2D eigenvalue weighted by Gasteiger charge is 2.26. The SMILES string of the molecule is Cc1c(N)nsc1N1CCN(Cc2ccccc2)CC1C. The molecule has 2 N–H and O–H groups in total. The van der Waals surface area contributed by atoms with Gasteiger partial charge in [-0.15, -0.1) is 0 Å². The molecule has 1 aliphatic rings. The van der Waals surface area contributed by atoms with Crippen LogP contribution < -0.4 is 10.6 Å². The monoisotopic (exact) mass is 302 g/mol. The van der Waals surface area contributed by atoms with E-state index in [9.17, 15) is 0 Å². The summed E-state index contributed by atoms with van der Waals surface area (Å²) in [5.74, 6) is 0.675. The summed E-state index contributed by atoms with van der Waals surface area (Å²) in [6.07, 6.45) is 0. The van der Waals surface area contributed by atoms with E-state index in [0.29, 0.717) is 11.9 Å². The van der Waals surface area contributed by atoms with Crippen LogP contribution in [0.25, 0.3) is 0 Å². The van der Waals surface area contributed by atoms with E-state index in [4.69, 9.17) is 5.73 Å². The summed E-state index contributed by atoms with van der Waals surface area (Å²) in [5.41, 5.74) is 8.40. The molecule has 21 heavy (non-hydrogen) atoms. The second kappa shape index (κ2) is 6.03. The van der Waals surface area contributed by atoms with Crippen LogP contribution >= 0.6 is 11.5 Å². The maximum atomic E-state index is 5.88. The van der Waals surface area contributed by atoms with Crippen LogP contribution in [0.3, 0.4) is 0 Å². The zero-order valence-electron chi connectivity index (χ0n) is 12.6. The molecule has 0 aliphatic carbocycles. The van der Waals surface area contributed by atoms with Gasteiger partial charge in [-0.3, -0.25) is 4.90 Å². The van der Waals surface area contributed by atoms with Crippen LogP contribution in [0.5, 0.6) is 0 Å². The average Bonchev–Trinajstić information content (AvgIpc) is 2.81. The summed E-state index contributed by atoms with van der Waals surface area (Å²) >= 11 is 1.52. The van der Waals surface area contributed by atoms with E-state index >= 15 is 0 Å². The normalized spacial score (nSPS) is 19.9. The van der Waals surface area contributed by atoms with Gasteiger partial charge in [-0.1, -0.05) is 30.3 Å². The molecular weight excluding hydrogens is 280 g/mol. The van der Waals surface area contributed by atoms with Gasteiger partial charge in [0.2, 0.25) is 0 Å². The van der Waals surface area contributed by atoms with Crippen molar-refractivity contribution in [2.75, 3.05) is 30.3 Å². The van der Waals surface area contributed by atoms with E-state index in [2.05, 4.69) is 58.4 Å². The Balaban J connectivity index is 1.66. The first kappa shape index (κ1) is 14.4. The van der Waals surface area contributed by atoms with Crippen LogP contribution in [0.2, 0.25) is 0 Å². The van der Waals surface area contributed by atoms with Crippen LogP contribution in [0.15, 0.2) is 30.3 Å². The Morgan fingerprint density at radius 1 is 1.29 bits per heavy atom. The average molecular weight is 302 g/mol. The first-order valence-electron chi connectivity index (χ1n) is 7.40. The summed E-state index contributed by atoms with van der Waals surface area (Å²) in [5, 5.41) is 1.24. The molecule has 5 heteroatoms. The van der Waals surface area contributed by atoms with Gasteiger partial charge in [0.15, 0.2) is 0 Å². The highest BCUT2D eigenvalue weighted by atomic mass is 32.1. The van der Waals surface area contributed by atoms with Crippen LogP contribution in [0.1, 0.15) is 18.1 Å². The summed E-state index contributed by atoms with van der Waals surface area (Å²) in [7, 11) is 0. The third kappa shape index (κ3) is 3.04. The predicted octanol–water partition coefficient (Wildman–Crippen LogP) is 2.74. The minimum Gasteiger partial charge on any atom is -0.383 e. The summed E-state index contributed by atoms with van der Waals surface area (Å²) < 4.78 is 4.28. The number of piperazine rings is 1. The fourth-order valence-electron chi connectivity index (χ4n) is 2.93. The Hall–Kier alpha value is -1.59. The van der Waals surface area contributed by atoms with Crippen molar-refractivity contribution in [2.24, 2.45) is 0 Å². The van der Waals surface area contributed by atoms with Gasteiger partial charge in [-0.2, -0.15) is 4.37 Å². The Labute approximate surface area is 130 Å². The molecule has 2 aromatic rings. The van der Waals surface area contributed by atoms with Crippen LogP contribution in [0.4, 0.5) is 10.8 Å². The number of benzene rings is 1. The fraction of sp³-hybridized carbons (Fsp3) is 0.438. The number of nitrogens with two attached hydrogens (primary N) is 1. The molecule has 1 aliphatic heterocycles. The van der Waals surface area contributed by atoms with Gasteiger partial charge >= 0.3 is 0 Å². The lowest BCUT2D eigenvalue weighted by molar-refractivity contribution is 0.221. The van der Waals surface area contributed by atoms with Crippen molar-refractivity contribution in [2.45, 2.75) is 26.4 Å². The minimum absolute atomic E-state index is 0.487. The molecule has 1 aromatic heterocycles. The van der Waals surface area contributed by atoms with Crippen molar-refractivity contribution in [3.8, 4) is 0 Å². The molecule has 1 aromatic carbocycles. The molecule has 0 spiro atoms. The van der Waals surface area contributed by atoms with Gasteiger partial charge in [-0.05, 0) is 30.9 Å². The second-order valence-electron chi connectivity index (χ2n) is 5.76. The Morgan fingerprint density at radius 2 is 2.05 bits per heavy atom. The lowest BCUT2D eigenvalue weighted by Gasteiger charge is -2.40. The molecule has 0 saturated carbocycles. The molecule has 3 rings (SSSR count). The van der Waals surface area contributed by atoms with Crippen molar-refractivity contribution in [1.82, 2.24) is 9.27 Å². The van der Waals surface area contributed by atoms with E-state index < -0.39 is 0 Å². The lowest BCUT2D eigenvalue weighted by Crippen LogP contribution is -2.51. The number of hydrogen-bond donors (Lipinski definition) is 1. The number of nitrogen functional groups attached to an aromatic ring is 1. The fourth-order valence-corrected chi connectivity index (χ4v) is 3.87. The standard InChI is InChI=1S/C16H22N4S/c1-12-10-19(11-14-6-4-3-5-7-14)8-9-20(12)16-13(2)15(17)18-21-16/h3-7,12H,8-11H2,1-2H3,(H2,17,18). The quantitative estimate of drug-likeness (QED) is 0.947. The third-order valence-electron chi connectivity index (χ3n) is 4.16. The molecule has 1 atom stereocenters. The predicted molar refractivity (Wildman–Crippen MR) is 89.8 cm³/mol. The molecule has 1 saturated heterocycles. The molecule has 1 fully saturated rings. The zero-order chi connectivity index (χ0) is 14.8. The van der Waals surface area contributed by atoms with E-state index in [0.717, 1.165) is 31.7 Å². The van der Waals surface area contributed by atoms with Gasteiger partial charge in [0, 0.05) is 37.8 Å². The molecule has 0 radical (unpaired) electrons. The highest BCUT2D eigenvalue weighted by molar-refractivity contribution is 7.10. The molecule has 1 unspecified atom stereocenters. The van der Waals surface area contributed by atoms with Gasteiger partial charge < -0.3 is 10.6 Å². The van der Waals surface area contributed by atoms with E-state index in [1.807, 2.05) is 0 Å². The van der Waals surface area contributed by atoms with Crippen LogP contribution in [-0.4, -0.2) is 34.9 Å². The molecule has 112 valence electrons. The van der Waals surface area contributed by atoms with Gasteiger partial charge in [0.25, 0.3) is 0 Å². The van der Waals surface area contributed by atoms with Crippen LogP contribution in [0, 0.1) is 6.92 Å². The summed E-state index contributed by atoms with van der Waals surface area (Å²) in [4.78, 5) is 4.97. The molecule has 4 nitrogen and oxygen atoms in total. The Morgan fingerprint density at radius 3 is 2.67 bits per heavy atom. The van der Waals surface area contributed by atoms with Crippen molar-refractivity contribution in [1.29, 1.82) is 0 Å².